The molecule has 4 nitrogen and oxygen atoms in total. The zero-order valence-corrected chi connectivity index (χ0v) is 8.30. The van der Waals surface area contributed by atoms with Gasteiger partial charge in [0, 0.05) is 13.0 Å². The molecule has 80 valence electrons. The standard InChI is InChI=1S/C10H17O4/c1-6(11)14-9-2-3-13-10(9)5-7-4-8(7)12/h4,6-12H,2-3,5H2,1H3/q+1. The van der Waals surface area contributed by atoms with Crippen LogP contribution in [0.2, 0.25) is 0 Å². The van der Waals surface area contributed by atoms with Crippen molar-refractivity contribution in [3.05, 3.63) is 6.42 Å². The van der Waals surface area contributed by atoms with Crippen molar-refractivity contribution in [2.75, 3.05) is 6.61 Å². The van der Waals surface area contributed by atoms with Gasteiger partial charge in [-0.2, -0.15) is 0 Å². The molecule has 0 spiro atoms. The summed E-state index contributed by atoms with van der Waals surface area (Å²) in [5.41, 5.74) is 0. The molecule has 2 rings (SSSR count). The molecule has 2 N–H and O–H groups in total. The highest BCUT2D eigenvalue weighted by Gasteiger charge is 2.52. The van der Waals surface area contributed by atoms with E-state index in [0.29, 0.717) is 6.61 Å². The fraction of sp³-hybridized carbons (Fsp3) is 0.900. The molecule has 0 aromatic heterocycles. The van der Waals surface area contributed by atoms with Crippen molar-refractivity contribution in [2.24, 2.45) is 5.92 Å². The molecule has 2 fully saturated rings. The molecule has 1 aliphatic heterocycles. The third-order valence-corrected chi connectivity index (χ3v) is 2.77. The molecule has 1 saturated heterocycles. The summed E-state index contributed by atoms with van der Waals surface area (Å²) in [5, 5.41) is 18.3. The van der Waals surface area contributed by atoms with Crippen LogP contribution in [-0.2, 0) is 9.47 Å². The Morgan fingerprint density at radius 2 is 2.36 bits per heavy atom. The highest BCUT2D eigenvalue weighted by Crippen LogP contribution is 2.36. The van der Waals surface area contributed by atoms with Gasteiger partial charge >= 0.3 is 0 Å². The van der Waals surface area contributed by atoms with E-state index in [9.17, 15) is 0 Å². The minimum Gasteiger partial charge on any atom is -0.375 e. The summed E-state index contributed by atoms with van der Waals surface area (Å²) in [7, 11) is 0. The lowest BCUT2D eigenvalue weighted by molar-refractivity contribution is -0.140. The van der Waals surface area contributed by atoms with Crippen LogP contribution in [0.4, 0.5) is 0 Å². The van der Waals surface area contributed by atoms with E-state index < -0.39 is 6.29 Å². The molecule has 1 saturated carbocycles. The highest BCUT2D eigenvalue weighted by atomic mass is 16.6. The first-order valence-corrected chi connectivity index (χ1v) is 5.15. The lowest BCUT2D eigenvalue weighted by atomic mass is 10.1. The van der Waals surface area contributed by atoms with E-state index in [0.717, 1.165) is 12.8 Å². The lowest BCUT2D eigenvalue weighted by Gasteiger charge is -2.19. The van der Waals surface area contributed by atoms with Crippen LogP contribution in [0.15, 0.2) is 0 Å². The average molecular weight is 201 g/mol. The number of aliphatic hydroxyl groups is 2. The lowest BCUT2D eigenvalue weighted by Crippen LogP contribution is -2.28. The fourth-order valence-electron chi connectivity index (χ4n) is 1.93. The summed E-state index contributed by atoms with van der Waals surface area (Å²) in [4.78, 5) is 0. The van der Waals surface area contributed by atoms with Gasteiger partial charge in [0.2, 0.25) is 6.10 Å². The van der Waals surface area contributed by atoms with Gasteiger partial charge in [-0.05, 0) is 13.3 Å². The Morgan fingerprint density at radius 3 is 2.93 bits per heavy atom. The normalized spacial score (nSPS) is 43.4. The molecule has 0 bridgehead atoms. The Hall–Kier alpha value is -0.290. The molecule has 14 heavy (non-hydrogen) atoms. The van der Waals surface area contributed by atoms with Crippen LogP contribution in [0.3, 0.4) is 0 Å². The molecule has 0 radical (unpaired) electrons. The zero-order valence-electron chi connectivity index (χ0n) is 8.30. The summed E-state index contributed by atoms with van der Waals surface area (Å²) in [6.45, 7) is 2.29. The number of hydrogen-bond donors (Lipinski definition) is 2. The monoisotopic (exact) mass is 201 g/mol. The summed E-state index contributed by atoms with van der Waals surface area (Å²) < 4.78 is 10.8. The van der Waals surface area contributed by atoms with Gasteiger partial charge in [0.25, 0.3) is 0 Å². The van der Waals surface area contributed by atoms with Crippen LogP contribution in [0.5, 0.6) is 0 Å². The molecule has 5 atom stereocenters. The number of hydrogen-bond acceptors (Lipinski definition) is 4. The maximum absolute atomic E-state index is 9.15. The van der Waals surface area contributed by atoms with Crippen molar-refractivity contribution in [1.29, 1.82) is 0 Å². The molecule has 0 amide bonds. The minimum absolute atomic E-state index is 0.0174. The molecule has 0 aromatic rings. The average Bonchev–Trinajstić information content (AvgIpc) is 2.58. The minimum atomic E-state index is -0.739. The molecule has 0 aromatic carbocycles. The Balaban J connectivity index is 1.78. The second-order valence-electron chi connectivity index (χ2n) is 4.05. The van der Waals surface area contributed by atoms with Crippen LogP contribution >= 0.6 is 0 Å². The summed E-state index contributed by atoms with van der Waals surface area (Å²) >= 11 is 0. The third-order valence-electron chi connectivity index (χ3n) is 2.77. The molecule has 4 heteroatoms. The van der Waals surface area contributed by atoms with Crippen molar-refractivity contribution < 1.29 is 19.7 Å². The second kappa shape index (κ2) is 4.06. The smallest absolute Gasteiger partial charge is 0.238 e. The van der Waals surface area contributed by atoms with Crippen LogP contribution < -0.4 is 0 Å². The molecule has 1 heterocycles. The Morgan fingerprint density at radius 1 is 1.64 bits per heavy atom. The van der Waals surface area contributed by atoms with E-state index >= 15 is 0 Å². The summed E-state index contributed by atoms with van der Waals surface area (Å²) in [5.74, 6) is 0.262. The highest BCUT2D eigenvalue weighted by molar-refractivity contribution is 5.07. The van der Waals surface area contributed by atoms with Gasteiger partial charge < -0.3 is 19.7 Å². The van der Waals surface area contributed by atoms with Crippen molar-refractivity contribution >= 4 is 0 Å². The molecule has 1 aliphatic carbocycles. The topological polar surface area (TPSA) is 58.9 Å². The molecule has 5 unspecified atom stereocenters. The van der Waals surface area contributed by atoms with Crippen LogP contribution in [-0.4, -0.2) is 41.4 Å². The summed E-state index contributed by atoms with van der Waals surface area (Å²) in [6.07, 6.45) is 2.54. The number of rotatable bonds is 4. The van der Waals surface area contributed by atoms with Crippen molar-refractivity contribution in [2.45, 2.75) is 44.4 Å². The van der Waals surface area contributed by atoms with Gasteiger partial charge in [-0.3, -0.25) is 0 Å². The van der Waals surface area contributed by atoms with Crippen molar-refractivity contribution in [1.82, 2.24) is 0 Å². The van der Waals surface area contributed by atoms with Gasteiger partial charge in [0.1, 0.15) is 6.42 Å². The van der Waals surface area contributed by atoms with Crippen molar-refractivity contribution in [3.63, 3.8) is 0 Å². The second-order valence-corrected chi connectivity index (χ2v) is 4.05. The molecule has 2 aliphatic rings. The third kappa shape index (κ3) is 2.39. The van der Waals surface area contributed by atoms with Crippen LogP contribution in [0, 0.1) is 12.3 Å². The Labute approximate surface area is 83.8 Å². The van der Waals surface area contributed by atoms with E-state index in [2.05, 4.69) is 0 Å². The summed E-state index contributed by atoms with van der Waals surface area (Å²) in [6, 6.07) is 0. The zero-order chi connectivity index (χ0) is 10.1. The van der Waals surface area contributed by atoms with Gasteiger partial charge in [0.15, 0.2) is 12.2 Å². The van der Waals surface area contributed by atoms with E-state index in [-0.39, 0.29) is 24.2 Å². The molecular formula is C10H17O4+. The first kappa shape index (κ1) is 10.2. The Bertz CT molecular complexity index is 195. The number of aliphatic hydroxyl groups excluding tert-OH is 2. The first-order valence-electron chi connectivity index (χ1n) is 5.15. The van der Waals surface area contributed by atoms with E-state index in [1.165, 1.54) is 0 Å². The van der Waals surface area contributed by atoms with Crippen LogP contribution in [0.25, 0.3) is 0 Å². The fourth-order valence-corrected chi connectivity index (χ4v) is 1.93. The van der Waals surface area contributed by atoms with Gasteiger partial charge in [0.05, 0.1) is 12.2 Å². The number of ether oxygens (including phenoxy) is 2. The van der Waals surface area contributed by atoms with E-state index in [1.54, 1.807) is 6.92 Å². The largest absolute Gasteiger partial charge is 0.375 e. The van der Waals surface area contributed by atoms with E-state index in [1.807, 2.05) is 6.42 Å². The SMILES string of the molecule is CC(O)OC1CCOC1CC1[CH+]C1O. The predicted octanol–water partition coefficient (Wildman–Crippen LogP) is 0.0839. The molecular weight excluding hydrogens is 184 g/mol. The van der Waals surface area contributed by atoms with Gasteiger partial charge in [-0.1, -0.05) is 0 Å². The maximum Gasteiger partial charge on any atom is 0.238 e. The van der Waals surface area contributed by atoms with Crippen molar-refractivity contribution in [3.8, 4) is 0 Å². The first-order chi connectivity index (χ1) is 6.66. The van der Waals surface area contributed by atoms with Crippen LogP contribution in [0.1, 0.15) is 19.8 Å². The van der Waals surface area contributed by atoms with Gasteiger partial charge in [-0.25, -0.2) is 0 Å². The van der Waals surface area contributed by atoms with Gasteiger partial charge in [-0.15, -0.1) is 0 Å². The van der Waals surface area contributed by atoms with E-state index in [4.69, 9.17) is 19.7 Å². The maximum atomic E-state index is 9.15. The predicted molar refractivity (Wildman–Crippen MR) is 49.3 cm³/mol. The Kier molecular flexibility index (Phi) is 2.97. The quantitative estimate of drug-likeness (QED) is 0.499.